The summed E-state index contributed by atoms with van der Waals surface area (Å²) >= 11 is 5.99. The second-order valence-electron chi connectivity index (χ2n) is 7.33. The topological polar surface area (TPSA) is 49.8 Å². The average molecular weight is 388 g/mol. The van der Waals surface area contributed by atoms with Gasteiger partial charge in [-0.1, -0.05) is 23.7 Å². The van der Waals surface area contributed by atoms with Crippen molar-refractivity contribution in [3.05, 3.63) is 58.6 Å². The van der Waals surface area contributed by atoms with Gasteiger partial charge < -0.3 is 9.84 Å². The molecule has 1 fully saturated rings. The van der Waals surface area contributed by atoms with Crippen molar-refractivity contribution in [3.8, 4) is 11.5 Å². The van der Waals surface area contributed by atoms with Crippen LogP contribution in [0.25, 0.3) is 0 Å². The Balaban J connectivity index is 1.55. The van der Waals surface area contributed by atoms with Gasteiger partial charge in [0.05, 0.1) is 0 Å². The number of rotatable bonds is 7. The fourth-order valence-corrected chi connectivity index (χ4v) is 3.86. The normalized spacial score (nSPS) is 17.6. The van der Waals surface area contributed by atoms with Gasteiger partial charge in [-0.25, -0.2) is 0 Å². The van der Waals surface area contributed by atoms with Crippen LogP contribution in [0.2, 0.25) is 5.02 Å². The van der Waals surface area contributed by atoms with Gasteiger partial charge in [-0.3, -0.25) is 9.69 Å². The minimum absolute atomic E-state index is 0.272. The Morgan fingerprint density at radius 2 is 2.04 bits per heavy atom. The number of aryl methyl sites for hydroxylation is 1. The minimum Gasteiger partial charge on any atom is -0.481 e. The van der Waals surface area contributed by atoms with E-state index >= 15 is 0 Å². The third-order valence-corrected chi connectivity index (χ3v) is 5.30. The SMILES string of the molecule is Cc1cc(Cl)ccc1Oc1ccc(CN2CCCC(CCC(=O)O)C2)cc1. The van der Waals surface area contributed by atoms with Gasteiger partial charge in [0.2, 0.25) is 0 Å². The summed E-state index contributed by atoms with van der Waals surface area (Å²) in [6, 6.07) is 13.8. The van der Waals surface area contributed by atoms with E-state index in [1.165, 1.54) is 5.56 Å². The second-order valence-corrected chi connectivity index (χ2v) is 7.77. The second kappa shape index (κ2) is 9.25. The summed E-state index contributed by atoms with van der Waals surface area (Å²) in [4.78, 5) is 13.2. The van der Waals surface area contributed by atoms with Gasteiger partial charge in [0.25, 0.3) is 0 Å². The maximum absolute atomic E-state index is 10.8. The molecule has 0 saturated carbocycles. The summed E-state index contributed by atoms with van der Waals surface area (Å²) in [6.45, 7) is 4.93. The maximum atomic E-state index is 10.8. The lowest BCUT2D eigenvalue weighted by Gasteiger charge is -2.32. The largest absolute Gasteiger partial charge is 0.481 e. The number of likely N-dealkylation sites (tertiary alicyclic amines) is 1. The first-order chi connectivity index (χ1) is 13.0. The van der Waals surface area contributed by atoms with Crippen LogP contribution < -0.4 is 4.74 Å². The van der Waals surface area contributed by atoms with E-state index in [0.717, 1.165) is 56.0 Å². The number of halogens is 1. The van der Waals surface area contributed by atoms with Crippen LogP contribution in [0.1, 0.15) is 36.8 Å². The first-order valence-corrected chi connectivity index (χ1v) is 9.84. The molecule has 4 nitrogen and oxygen atoms in total. The zero-order valence-electron chi connectivity index (χ0n) is 15.7. The van der Waals surface area contributed by atoms with Crippen LogP contribution in [0.4, 0.5) is 0 Å². The molecular weight excluding hydrogens is 362 g/mol. The van der Waals surface area contributed by atoms with Crippen molar-refractivity contribution in [1.82, 2.24) is 4.90 Å². The van der Waals surface area contributed by atoms with Crippen molar-refractivity contribution in [1.29, 1.82) is 0 Å². The first kappa shape index (κ1) is 19.7. The van der Waals surface area contributed by atoms with Crippen molar-refractivity contribution >= 4 is 17.6 Å². The molecule has 0 bridgehead atoms. The number of carbonyl (C=O) groups is 1. The molecule has 1 heterocycles. The van der Waals surface area contributed by atoms with Gasteiger partial charge in [0.15, 0.2) is 0 Å². The van der Waals surface area contributed by atoms with Crippen molar-refractivity contribution in [2.75, 3.05) is 13.1 Å². The molecule has 1 atom stereocenters. The van der Waals surface area contributed by atoms with Gasteiger partial charge >= 0.3 is 5.97 Å². The molecule has 3 rings (SSSR count). The molecule has 5 heteroatoms. The highest BCUT2D eigenvalue weighted by Crippen LogP contribution is 2.28. The lowest BCUT2D eigenvalue weighted by atomic mass is 9.93. The zero-order valence-corrected chi connectivity index (χ0v) is 16.4. The number of benzene rings is 2. The number of nitrogens with zero attached hydrogens (tertiary/aromatic N) is 1. The summed E-state index contributed by atoms with van der Waals surface area (Å²) in [6.07, 6.45) is 3.33. The Bertz CT molecular complexity index is 776. The number of piperidine rings is 1. The van der Waals surface area contributed by atoms with Crippen LogP contribution in [-0.4, -0.2) is 29.1 Å². The molecule has 1 aliphatic rings. The average Bonchev–Trinajstić information content (AvgIpc) is 2.64. The number of hydrogen-bond acceptors (Lipinski definition) is 3. The quantitative estimate of drug-likeness (QED) is 0.679. The highest BCUT2D eigenvalue weighted by Gasteiger charge is 2.20. The predicted octanol–water partition coefficient (Wildman–Crippen LogP) is 5.52. The Kier molecular flexibility index (Phi) is 6.75. The van der Waals surface area contributed by atoms with Crippen molar-refractivity contribution in [3.63, 3.8) is 0 Å². The molecule has 27 heavy (non-hydrogen) atoms. The van der Waals surface area contributed by atoms with Gasteiger partial charge in [-0.2, -0.15) is 0 Å². The molecule has 0 aromatic heterocycles. The van der Waals surface area contributed by atoms with E-state index in [9.17, 15) is 4.79 Å². The summed E-state index contributed by atoms with van der Waals surface area (Å²) in [5, 5.41) is 9.58. The third-order valence-electron chi connectivity index (χ3n) is 5.06. The first-order valence-electron chi connectivity index (χ1n) is 9.46. The van der Waals surface area contributed by atoms with Crippen LogP contribution in [0.3, 0.4) is 0 Å². The molecular formula is C22H26ClNO3. The van der Waals surface area contributed by atoms with Crippen molar-refractivity contribution < 1.29 is 14.6 Å². The lowest BCUT2D eigenvalue weighted by molar-refractivity contribution is -0.137. The summed E-state index contributed by atoms with van der Waals surface area (Å²) in [7, 11) is 0. The van der Waals surface area contributed by atoms with Crippen LogP contribution in [0, 0.1) is 12.8 Å². The summed E-state index contributed by atoms with van der Waals surface area (Å²) < 4.78 is 5.95. The van der Waals surface area contributed by atoms with E-state index < -0.39 is 5.97 Å². The number of ether oxygens (including phenoxy) is 1. The van der Waals surface area contributed by atoms with Gasteiger partial charge in [0.1, 0.15) is 11.5 Å². The van der Waals surface area contributed by atoms with Gasteiger partial charge in [-0.05, 0) is 80.1 Å². The molecule has 1 saturated heterocycles. The fourth-order valence-electron chi connectivity index (χ4n) is 3.63. The van der Waals surface area contributed by atoms with Crippen LogP contribution in [0.15, 0.2) is 42.5 Å². The number of carboxylic acid groups (broad SMARTS) is 1. The molecule has 0 radical (unpaired) electrons. The number of hydrogen-bond donors (Lipinski definition) is 1. The summed E-state index contributed by atoms with van der Waals surface area (Å²) in [5.41, 5.74) is 2.25. The molecule has 1 aliphatic heterocycles. The fraction of sp³-hybridized carbons (Fsp3) is 0.409. The van der Waals surface area contributed by atoms with Crippen molar-refractivity contribution in [2.24, 2.45) is 5.92 Å². The highest BCUT2D eigenvalue weighted by atomic mass is 35.5. The van der Waals surface area contributed by atoms with E-state index in [2.05, 4.69) is 17.0 Å². The van der Waals surface area contributed by atoms with Gasteiger partial charge in [-0.15, -0.1) is 0 Å². The van der Waals surface area contributed by atoms with Crippen LogP contribution in [-0.2, 0) is 11.3 Å². The van der Waals surface area contributed by atoms with E-state index in [1.807, 2.05) is 37.3 Å². The molecule has 2 aromatic carbocycles. The molecule has 144 valence electrons. The monoisotopic (exact) mass is 387 g/mol. The molecule has 1 N–H and O–H groups in total. The molecule has 0 spiro atoms. The van der Waals surface area contributed by atoms with E-state index in [0.29, 0.717) is 10.9 Å². The zero-order chi connectivity index (χ0) is 19.2. The minimum atomic E-state index is -0.696. The summed E-state index contributed by atoms with van der Waals surface area (Å²) in [5.74, 6) is 1.41. The molecule has 0 aliphatic carbocycles. The van der Waals surface area contributed by atoms with Crippen LogP contribution in [0.5, 0.6) is 11.5 Å². The van der Waals surface area contributed by atoms with Crippen LogP contribution >= 0.6 is 11.6 Å². The third kappa shape index (κ3) is 5.98. The van der Waals surface area contributed by atoms with Gasteiger partial charge in [0, 0.05) is 24.5 Å². The van der Waals surface area contributed by atoms with E-state index in [4.69, 9.17) is 21.4 Å². The smallest absolute Gasteiger partial charge is 0.303 e. The highest BCUT2D eigenvalue weighted by molar-refractivity contribution is 6.30. The van der Waals surface area contributed by atoms with E-state index in [-0.39, 0.29) is 6.42 Å². The Hall–Kier alpha value is -2.04. The maximum Gasteiger partial charge on any atom is 0.303 e. The molecule has 0 amide bonds. The Morgan fingerprint density at radius 1 is 1.26 bits per heavy atom. The van der Waals surface area contributed by atoms with E-state index in [1.54, 1.807) is 0 Å². The number of aliphatic carboxylic acids is 1. The Labute approximate surface area is 165 Å². The predicted molar refractivity (Wildman–Crippen MR) is 108 cm³/mol. The molecule has 1 unspecified atom stereocenters. The number of carboxylic acids is 1. The van der Waals surface area contributed by atoms with Crippen molar-refractivity contribution in [2.45, 2.75) is 39.2 Å². The standard InChI is InChI=1S/C22H26ClNO3/c1-16-13-19(23)7-10-21(16)27-20-8-4-18(5-9-20)15-24-12-2-3-17(14-24)6-11-22(25)26/h4-5,7-10,13,17H,2-3,6,11-12,14-15H2,1H3,(H,25,26). The lowest BCUT2D eigenvalue weighted by Crippen LogP contribution is -2.35. The Morgan fingerprint density at radius 3 is 2.74 bits per heavy atom. The molecule has 2 aromatic rings.